The molecule has 0 aromatic heterocycles. The number of nitrogens with one attached hydrogen (secondary N) is 1. The van der Waals surface area contributed by atoms with E-state index in [2.05, 4.69) is 5.32 Å². The highest BCUT2D eigenvalue weighted by atomic mass is 19.4. The third kappa shape index (κ3) is 4.98. The van der Waals surface area contributed by atoms with Crippen LogP contribution in [0.3, 0.4) is 0 Å². The number of alkyl halides is 3. The highest BCUT2D eigenvalue weighted by Crippen LogP contribution is 2.34. The van der Waals surface area contributed by atoms with E-state index in [0.29, 0.717) is 24.5 Å². The first kappa shape index (κ1) is 22.0. The molecule has 0 spiro atoms. The average molecular weight is 447 g/mol. The maximum Gasteiger partial charge on any atom is 0.416 e. The molecule has 1 atom stereocenters. The fourth-order valence-electron chi connectivity index (χ4n) is 4.05. The van der Waals surface area contributed by atoms with Gasteiger partial charge in [0.25, 0.3) is 5.91 Å². The summed E-state index contributed by atoms with van der Waals surface area (Å²) in [5.74, 6) is -0.0892. The van der Waals surface area contributed by atoms with Crippen LogP contribution in [-0.2, 0) is 15.8 Å². The zero-order chi connectivity index (χ0) is 22.7. The number of anilines is 2. The molecule has 2 amide bonds. The number of rotatable bonds is 4. The molecule has 0 bridgehead atoms. The normalized spacial score (nSPS) is 18.5. The molecular formula is C23H24F3N3O3. The molecule has 2 aliphatic rings. The Morgan fingerprint density at radius 1 is 1.03 bits per heavy atom. The minimum absolute atomic E-state index is 0.0623. The summed E-state index contributed by atoms with van der Waals surface area (Å²) in [5.41, 5.74) is -0.110. The quantitative estimate of drug-likeness (QED) is 0.772. The number of hydrogen-bond acceptors (Lipinski definition) is 4. The van der Waals surface area contributed by atoms with Gasteiger partial charge < -0.3 is 19.9 Å². The van der Waals surface area contributed by atoms with Crippen molar-refractivity contribution in [1.29, 1.82) is 0 Å². The van der Waals surface area contributed by atoms with Gasteiger partial charge in [0.15, 0.2) is 6.10 Å². The van der Waals surface area contributed by atoms with Crippen molar-refractivity contribution in [2.24, 2.45) is 0 Å². The van der Waals surface area contributed by atoms with Crippen LogP contribution in [0.4, 0.5) is 24.5 Å². The fourth-order valence-corrected chi connectivity index (χ4v) is 4.05. The number of nitrogens with zero attached hydrogens (tertiary/aromatic N) is 2. The van der Waals surface area contributed by atoms with Crippen molar-refractivity contribution >= 4 is 23.2 Å². The van der Waals surface area contributed by atoms with Crippen LogP contribution in [0.5, 0.6) is 5.75 Å². The minimum Gasteiger partial charge on any atom is -0.477 e. The van der Waals surface area contributed by atoms with Crippen molar-refractivity contribution in [3.8, 4) is 5.75 Å². The molecule has 0 aliphatic carbocycles. The maximum absolute atomic E-state index is 13.0. The van der Waals surface area contributed by atoms with Gasteiger partial charge in [-0.2, -0.15) is 13.2 Å². The first-order valence-electron chi connectivity index (χ1n) is 10.6. The molecule has 1 N–H and O–H groups in total. The molecule has 0 unspecified atom stereocenters. The number of ether oxygens (including phenoxy) is 1. The van der Waals surface area contributed by atoms with Crippen molar-refractivity contribution in [3.05, 3.63) is 54.1 Å². The van der Waals surface area contributed by atoms with Crippen molar-refractivity contribution in [1.82, 2.24) is 4.90 Å². The number of amides is 2. The third-order valence-electron chi connectivity index (χ3n) is 5.61. The Bertz CT molecular complexity index is 990. The molecule has 9 heteroatoms. The van der Waals surface area contributed by atoms with Gasteiger partial charge in [-0.25, -0.2) is 0 Å². The Kier molecular flexibility index (Phi) is 6.25. The van der Waals surface area contributed by atoms with Gasteiger partial charge in [0, 0.05) is 18.8 Å². The number of piperidine rings is 1. The van der Waals surface area contributed by atoms with E-state index in [1.165, 1.54) is 12.1 Å². The van der Waals surface area contributed by atoms with Crippen molar-refractivity contribution in [2.75, 3.05) is 36.4 Å². The second kappa shape index (κ2) is 9.10. The highest BCUT2D eigenvalue weighted by Gasteiger charge is 2.35. The molecule has 2 aromatic carbocycles. The average Bonchev–Trinajstić information content (AvgIpc) is 2.78. The summed E-state index contributed by atoms with van der Waals surface area (Å²) in [6.45, 7) is 1.44. The predicted molar refractivity (Wildman–Crippen MR) is 114 cm³/mol. The number of carbonyl (C=O) groups excluding carboxylic acids is 2. The van der Waals surface area contributed by atoms with Crippen LogP contribution < -0.4 is 15.0 Å². The van der Waals surface area contributed by atoms with Gasteiger partial charge in [-0.3, -0.25) is 9.59 Å². The van der Waals surface area contributed by atoms with Crippen LogP contribution in [0.1, 0.15) is 24.8 Å². The Labute approximate surface area is 183 Å². The summed E-state index contributed by atoms with van der Waals surface area (Å²) >= 11 is 0. The van der Waals surface area contributed by atoms with E-state index in [9.17, 15) is 22.8 Å². The number of hydrogen-bond donors (Lipinski definition) is 1. The summed E-state index contributed by atoms with van der Waals surface area (Å²) in [6, 6.07) is 11.6. The predicted octanol–water partition coefficient (Wildman–Crippen LogP) is 3.92. The van der Waals surface area contributed by atoms with Crippen molar-refractivity contribution in [2.45, 2.75) is 31.5 Å². The minimum atomic E-state index is -4.49. The molecule has 32 heavy (non-hydrogen) atoms. The van der Waals surface area contributed by atoms with E-state index in [0.717, 1.165) is 31.4 Å². The molecule has 2 aliphatic heterocycles. The highest BCUT2D eigenvalue weighted by molar-refractivity contribution is 5.95. The van der Waals surface area contributed by atoms with Crippen LogP contribution in [0.2, 0.25) is 0 Å². The van der Waals surface area contributed by atoms with Gasteiger partial charge in [0.1, 0.15) is 5.75 Å². The van der Waals surface area contributed by atoms with Gasteiger partial charge in [0.2, 0.25) is 5.91 Å². The molecule has 0 saturated carbocycles. The van der Waals surface area contributed by atoms with Crippen LogP contribution >= 0.6 is 0 Å². The lowest BCUT2D eigenvalue weighted by molar-refractivity contribution is -0.139. The Balaban J connectivity index is 1.48. The molecule has 2 heterocycles. The fraction of sp³-hybridized carbons (Fsp3) is 0.391. The van der Waals surface area contributed by atoms with E-state index >= 15 is 0 Å². The number of halogens is 3. The number of para-hydroxylation sites is 2. The first-order valence-corrected chi connectivity index (χ1v) is 10.6. The molecule has 0 radical (unpaired) electrons. The Hall–Kier alpha value is -3.23. The molecule has 170 valence electrons. The summed E-state index contributed by atoms with van der Waals surface area (Å²) in [7, 11) is 0. The number of benzene rings is 2. The van der Waals surface area contributed by atoms with E-state index in [1.54, 1.807) is 34.1 Å². The summed E-state index contributed by atoms with van der Waals surface area (Å²) in [4.78, 5) is 29.2. The first-order chi connectivity index (χ1) is 15.3. The molecular weight excluding hydrogens is 423 g/mol. The van der Waals surface area contributed by atoms with E-state index < -0.39 is 23.8 Å². The van der Waals surface area contributed by atoms with Gasteiger partial charge in [-0.1, -0.05) is 18.2 Å². The molecule has 1 saturated heterocycles. The Morgan fingerprint density at radius 2 is 1.78 bits per heavy atom. The van der Waals surface area contributed by atoms with Crippen LogP contribution in [0.25, 0.3) is 0 Å². The number of carbonyl (C=O) groups is 2. The lowest BCUT2D eigenvalue weighted by Crippen LogP contribution is -2.52. The molecule has 6 nitrogen and oxygen atoms in total. The zero-order valence-corrected chi connectivity index (χ0v) is 17.4. The number of likely N-dealkylation sites (tertiary alicyclic amines) is 1. The monoisotopic (exact) mass is 447 g/mol. The van der Waals surface area contributed by atoms with Crippen molar-refractivity contribution in [3.63, 3.8) is 0 Å². The second-order valence-electron chi connectivity index (χ2n) is 7.97. The number of fused-ring (bicyclic) bond motifs is 1. The smallest absolute Gasteiger partial charge is 0.416 e. The van der Waals surface area contributed by atoms with Crippen molar-refractivity contribution < 1.29 is 27.5 Å². The summed E-state index contributed by atoms with van der Waals surface area (Å²) in [6.07, 6.45) is -2.23. The van der Waals surface area contributed by atoms with Gasteiger partial charge in [-0.15, -0.1) is 0 Å². The lowest BCUT2D eigenvalue weighted by Gasteiger charge is -2.38. The summed E-state index contributed by atoms with van der Waals surface area (Å²) < 4.78 is 44.8. The van der Waals surface area contributed by atoms with Crippen LogP contribution in [0.15, 0.2) is 48.5 Å². The van der Waals surface area contributed by atoms with Gasteiger partial charge in [0.05, 0.1) is 24.3 Å². The van der Waals surface area contributed by atoms with Crippen LogP contribution in [-0.4, -0.2) is 49.0 Å². The Morgan fingerprint density at radius 3 is 2.53 bits per heavy atom. The molecule has 2 aromatic rings. The van der Waals surface area contributed by atoms with E-state index in [-0.39, 0.29) is 24.7 Å². The van der Waals surface area contributed by atoms with E-state index in [4.69, 9.17) is 4.74 Å². The molecule has 1 fully saturated rings. The lowest BCUT2D eigenvalue weighted by atomic mass is 10.1. The maximum atomic E-state index is 13.0. The van der Waals surface area contributed by atoms with Gasteiger partial charge >= 0.3 is 6.18 Å². The zero-order valence-electron chi connectivity index (χ0n) is 17.4. The largest absolute Gasteiger partial charge is 0.477 e. The topological polar surface area (TPSA) is 61.9 Å². The summed E-state index contributed by atoms with van der Waals surface area (Å²) in [5, 5.41) is 2.52. The van der Waals surface area contributed by atoms with E-state index in [1.807, 2.05) is 0 Å². The standard InChI is InChI=1S/C23H24F3N3O3/c24-23(25,26)16-7-6-8-17(13-16)27-21(30)15-29-14-20(22(31)28-11-4-1-5-12-28)32-19-10-3-2-9-18(19)29/h2-3,6-10,13,20H,1,4-5,11-12,14-15H2,(H,27,30)/t20-/m1/s1. The van der Waals surface area contributed by atoms with Crippen LogP contribution in [0, 0.1) is 0 Å². The SMILES string of the molecule is O=C(CN1C[C@H](C(=O)N2CCCCC2)Oc2ccccc21)Nc1cccc(C(F)(F)F)c1. The third-order valence-corrected chi connectivity index (χ3v) is 5.61. The molecule has 4 rings (SSSR count). The second-order valence-corrected chi connectivity index (χ2v) is 7.97. The van der Waals surface area contributed by atoms with Gasteiger partial charge in [-0.05, 0) is 49.6 Å².